The Bertz CT molecular complexity index is 1110. The molecule has 5 nitrogen and oxygen atoms in total. The predicted octanol–water partition coefficient (Wildman–Crippen LogP) is 5.53. The Balaban J connectivity index is 1.45. The molecule has 30 heavy (non-hydrogen) atoms. The van der Waals surface area contributed by atoms with Crippen LogP contribution in [0.2, 0.25) is 0 Å². The van der Waals surface area contributed by atoms with Crippen molar-refractivity contribution in [2.45, 2.75) is 39.7 Å². The molecule has 156 valence electrons. The Kier molecular flexibility index (Phi) is 5.92. The second kappa shape index (κ2) is 8.62. The van der Waals surface area contributed by atoms with Crippen molar-refractivity contribution in [2.75, 3.05) is 12.4 Å². The lowest BCUT2D eigenvalue weighted by Crippen LogP contribution is -2.13. The van der Waals surface area contributed by atoms with Gasteiger partial charge < -0.3 is 14.8 Å². The third-order valence-corrected chi connectivity index (χ3v) is 7.33. The van der Waals surface area contributed by atoms with Gasteiger partial charge in [0.25, 0.3) is 5.91 Å². The van der Waals surface area contributed by atoms with Gasteiger partial charge in [0.1, 0.15) is 17.4 Å². The summed E-state index contributed by atoms with van der Waals surface area (Å²) in [7, 11) is 1.37. The number of ether oxygens (including phenoxy) is 2. The van der Waals surface area contributed by atoms with Crippen molar-refractivity contribution < 1.29 is 19.1 Å². The number of benzene rings is 1. The minimum atomic E-state index is -0.390. The highest BCUT2D eigenvalue weighted by Crippen LogP contribution is 2.39. The third kappa shape index (κ3) is 4.13. The summed E-state index contributed by atoms with van der Waals surface area (Å²) in [6.45, 7) is 4.47. The van der Waals surface area contributed by atoms with Crippen LogP contribution in [0.1, 0.15) is 53.6 Å². The van der Waals surface area contributed by atoms with E-state index in [1.165, 1.54) is 40.2 Å². The van der Waals surface area contributed by atoms with Gasteiger partial charge in [-0.1, -0.05) is 17.7 Å². The standard InChI is InChI=1S/C23H23NO4S2/c1-13-7-8-17(14(2)9-13)28-11-15-10-19(29-12-15)21(25)24-22-20(23(26)27-3)16-5-4-6-18(16)30-22/h7-10,12H,4-6,11H2,1-3H3,(H,24,25). The Morgan fingerprint density at radius 3 is 2.77 bits per heavy atom. The number of amides is 1. The van der Waals surface area contributed by atoms with E-state index < -0.39 is 5.97 Å². The lowest BCUT2D eigenvalue weighted by molar-refractivity contribution is 0.0601. The maximum absolute atomic E-state index is 12.8. The van der Waals surface area contributed by atoms with Crippen LogP contribution in [0.25, 0.3) is 0 Å². The number of carbonyl (C=O) groups excluding carboxylic acids is 2. The molecule has 0 spiro atoms. The molecular weight excluding hydrogens is 418 g/mol. The molecule has 0 aliphatic heterocycles. The maximum atomic E-state index is 12.8. The number of nitrogens with one attached hydrogen (secondary N) is 1. The molecule has 1 aliphatic carbocycles. The summed E-state index contributed by atoms with van der Waals surface area (Å²) in [5.41, 5.74) is 4.76. The molecule has 0 fully saturated rings. The first-order valence-electron chi connectivity index (χ1n) is 9.78. The molecule has 0 bridgehead atoms. The normalized spacial score (nSPS) is 12.5. The Morgan fingerprint density at radius 2 is 2.00 bits per heavy atom. The zero-order valence-corrected chi connectivity index (χ0v) is 18.8. The second-order valence-electron chi connectivity index (χ2n) is 7.38. The number of methoxy groups -OCH3 is 1. The van der Waals surface area contributed by atoms with Crippen LogP contribution in [-0.4, -0.2) is 19.0 Å². The van der Waals surface area contributed by atoms with Crippen LogP contribution in [0, 0.1) is 13.8 Å². The minimum Gasteiger partial charge on any atom is -0.489 e. The van der Waals surface area contributed by atoms with Crippen molar-refractivity contribution >= 4 is 39.6 Å². The van der Waals surface area contributed by atoms with E-state index in [4.69, 9.17) is 9.47 Å². The van der Waals surface area contributed by atoms with Gasteiger partial charge in [-0.05, 0) is 61.7 Å². The lowest BCUT2D eigenvalue weighted by Gasteiger charge is -2.08. The van der Waals surface area contributed by atoms with Gasteiger partial charge >= 0.3 is 5.97 Å². The van der Waals surface area contributed by atoms with Crippen LogP contribution in [0.5, 0.6) is 5.75 Å². The molecule has 1 amide bonds. The summed E-state index contributed by atoms with van der Waals surface area (Å²) in [6, 6.07) is 7.91. The van der Waals surface area contributed by atoms with Gasteiger partial charge in [0, 0.05) is 10.4 Å². The molecule has 0 radical (unpaired) electrons. The van der Waals surface area contributed by atoms with Crippen molar-refractivity contribution in [1.82, 2.24) is 0 Å². The molecule has 3 aromatic rings. The molecule has 7 heteroatoms. The monoisotopic (exact) mass is 441 g/mol. The molecule has 1 aromatic carbocycles. The fraction of sp³-hybridized carbons (Fsp3) is 0.304. The molecule has 0 unspecified atom stereocenters. The number of thiophene rings is 2. The summed E-state index contributed by atoms with van der Waals surface area (Å²) >= 11 is 2.85. The van der Waals surface area contributed by atoms with Gasteiger partial charge in [-0.3, -0.25) is 4.79 Å². The topological polar surface area (TPSA) is 64.6 Å². The SMILES string of the molecule is COC(=O)c1c(NC(=O)c2cc(COc3ccc(C)cc3C)cs2)sc2c1CCC2. The van der Waals surface area contributed by atoms with E-state index in [0.717, 1.165) is 41.7 Å². The molecule has 0 saturated carbocycles. The number of carbonyl (C=O) groups is 2. The summed E-state index contributed by atoms with van der Waals surface area (Å²) in [5, 5.41) is 5.43. The fourth-order valence-electron chi connectivity index (χ4n) is 3.67. The number of esters is 1. The van der Waals surface area contributed by atoms with E-state index in [1.807, 2.05) is 30.5 Å². The quantitative estimate of drug-likeness (QED) is 0.511. The number of aryl methyl sites for hydroxylation is 3. The van der Waals surface area contributed by atoms with Crippen LogP contribution in [-0.2, 0) is 24.2 Å². The largest absolute Gasteiger partial charge is 0.489 e. The molecule has 2 aromatic heterocycles. The highest BCUT2D eigenvalue weighted by atomic mass is 32.1. The third-order valence-electron chi connectivity index (χ3n) is 5.14. The fourth-order valence-corrected chi connectivity index (χ4v) is 5.73. The summed E-state index contributed by atoms with van der Waals surface area (Å²) in [5.74, 6) is 0.231. The summed E-state index contributed by atoms with van der Waals surface area (Å²) < 4.78 is 10.9. The van der Waals surface area contributed by atoms with Gasteiger partial charge in [0.15, 0.2) is 0 Å². The van der Waals surface area contributed by atoms with E-state index in [2.05, 4.69) is 18.3 Å². The zero-order chi connectivity index (χ0) is 21.3. The van der Waals surface area contributed by atoms with Crippen LogP contribution in [0.3, 0.4) is 0 Å². The molecule has 0 saturated heterocycles. The molecule has 2 heterocycles. The van der Waals surface area contributed by atoms with Crippen molar-refractivity contribution in [2.24, 2.45) is 0 Å². The van der Waals surface area contributed by atoms with Crippen LogP contribution in [0.15, 0.2) is 29.6 Å². The average Bonchev–Trinajstić information content (AvgIpc) is 3.43. The Morgan fingerprint density at radius 1 is 1.17 bits per heavy atom. The van der Waals surface area contributed by atoms with Gasteiger partial charge in [-0.25, -0.2) is 4.79 Å². The average molecular weight is 442 g/mol. The van der Waals surface area contributed by atoms with Gasteiger partial charge in [0.05, 0.1) is 17.6 Å². The molecule has 1 aliphatic rings. The van der Waals surface area contributed by atoms with E-state index >= 15 is 0 Å². The van der Waals surface area contributed by atoms with Crippen LogP contribution < -0.4 is 10.1 Å². The lowest BCUT2D eigenvalue weighted by atomic mass is 10.1. The number of hydrogen-bond donors (Lipinski definition) is 1. The summed E-state index contributed by atoms with van der Waals surface area (Å²) in [6.07, 6.45) is 2.83. The van der Waals surface area contributed by atoms with Crippen molar-refractivity contribution in [3.8, 4) is 5.75 Å². The highest BCUT2D eigenvalue weighted by molar-refractivity contribution is 7.17. The first kappa shape index (κ1) is 20.6. The minimum absolute atomic E-state index is 0.220. The van der Waals surface area contributed by atoms with Crippen molar-refractivity contribution in [1.29, 1.82) is 0 Å². The Labute approximate surface area is 183 Å². The van der Waals surface area contributed by atoms with E-state index in [-0.39, 0.29) is 5.91 Å². The first-order chi connectivity index (χ1) is 14.5. The van der Waals surface area contributed by atoms with Crippen LogP contribution in [0.4, 0.5) is 5.00 Å². The Hall–Kier alpha value is -2.64. The van der Waals surface area contributed by atoms with E-state index in [0.29, 0.717) is 22.0 Å². The molecule has 4 rings (SSSR count). The summed E-state index contributed by atoms with van der Waals surface area (Å²) in [4.78, 5) is 26.8. The highest BCUT2D eigenvalue weighted by Gasteiger charge is 2.28. The first-order valence-corrected chi connectivity index (χ1v) is 11.5. The van der Waals surface area contributed by atoms with Gasteiger partial charge in [-0.2, -0.15) is 0 Å². The number of fused-ring (bicyclic) bond motifs is 1. The van der Waals surface area contributed by atoms with Crippen LogP contribution >= 0.6 is 22.7 Å². The van der Waals surface area contributed by atoms with Gasteiger partial charge in [0.2, 0.25) is 0 Å². The second-order valence-corrected chi connectivity index (χ2v) is 9.40. The smallest absolute Gasteiger partial charge is 0.341 e. The van der Waals surface area contributed by atoms with Crippen molar-refractivity contribution in [3.63, 3.8) is 0 Å². The maximum Gasteiger partial charge on any atom is 0.341 e. The molecule has 1 N–H and O–H groups in total. The number of rotatable bonds is 6. The molecular formula is C23H23NO4S2. The zero-order valence-electron chi connectivity index (χ0n) is 17.2. The molecule has 0 atom stereocenters. The predicted molar refractivity (Wildman–Crippen MR) is 120 cm³/mol. The number of hydrogen-bond acceptors (Lipinski definition) is 6. The van der Waals surface area contributed by atoms with Crippen molar-refractivity contribution in [3.05, 3.63) is 67.2 Å². The van der Waals surface area contributed by atoms with E-state index in [1.54, 1.807) is 0 Å². The van der Waals surface area contributed by atoms with Gasteiger partial charge in [-0.15, -0.1) is 22.7 Å². The van der Waals surface area contributed by atoms with E-state index in [9.17, 15) is 9.59 Å². The number of anilines is 1.